The van der Waals surface area contributed by atoms with E-state index in [4.69, 9.17) is 14.2 Å². The normalized spacial score (nSPS) is 22.8. The lowest BCUT2D eigenvalue weighted by Crippen LogP contribution is -2.52. The minimum Gasteiger partial charge on any atom is -0.476 e. The third kappa shape index (κ3) is 5.99. The highest BCUT2D eigenvalue weighted by molar-refractivity contribution is 6.02. The van der Waals surface area contributed by atoms with Crippen LogP contribution in [0.4, 0.5) is 16.2 Å². The number of ether oxygens (including phenoxy) is 3. The summed E-state index contributed by atoms with van der Waals surface area (Å²) >= 11 is 0. The predicted octanol–water partition coefficient (Wildman–Crippen LogP) is 3.59. The molecule has 202 valence electrons. The molecule has 0 radical (unpaired) electrons. The van der Waals surface area contributed by atoms with Gasteiger partial charge < -0.3 is 29.3 Å². The quantitative estimate of drug-likeness (QED) is 0.596. The van der Waals surface area contributed by atoms with Crippen molar-refractivity contribution in [3.63, 3.8) is 0 Å². The number of amides is 3. The fourth-order valence-corrected chi connectivity index (χ4v) is 4.63. The van der Waals surface area contributed by atoms with Gasteiger partial charge in [0.25, 0.3) is 5.91 Å². The minimum atomic E-state index is -0.990. The van der Waals surface area contributed by atoms with E-state index in [1.54, 1.807) is 36.9 Å². The Morgan fingerprint density at radius 1 is 1.16 bits per heavy atom. The summed E-state index contributed by atoms with van der Waals surface area (Å²) in [5, 5.41) is 2.87. The van der Waals surface area contributed by atoms with Gasteiger partial charge in [-0.15, -0.1) is 0 Å². The smallest absolute Gasteiger partial charge is 0.409 e. The molecule has 2 heterocycles. The summed E-state index contributed by atoms with van der Waals surface area (Å²) < 4.78 is 16.3. The summed E-state index contributed by atoms with van der Waals surface area (Å²) in [6.07, 6.45) is 1.43. The maximum atomic E-state index is 13.9. The summed E-state index contributed by atoms with van der Waals surface area (Å²) in [5.74, 6) is -1.60. The number of fused-ring (bicyclic) bond motifs is 1. The molecule has 1 N–H and O–H groups in total. The number of esters is 1. The number of carbonyl (C=O) groups is 4. The van der Waals surface area contributed by atoms with Gasteiger partial charge >= 0.3 is 12.1 Å². The molecular formula is C27H37N3O7. The molecule has 3 aliphatic rings. The van der Waals surface area contributed by atoms with Crippen LogP contribution < -0.4 is 15.0 Å². The van der Waals surface area contributed by atoms with Crippen LogP contribution in [0.1, 0.15) is 53.9 Å². The summed E-state index contributed by atoms with van der Waals surface area (Å²) in [6.45, 7) is 9.77. The number of rotatable bonds is 5. The first-order valence-corrected chi connectivity index (χ1v) is 12.8. The van der Waals surface area contributed by atoms with Crippen molar-refractivity contribution in [1.82, 2.24) is 4.90 Å². The van der Waals surface area contributed by atoms with E-state index in [0.717, 1.165) is 12.8 Å². The van der Waals surface area contributed by atoms with E-state index in [9.17, 15) is 19.2 Å². The molecule has 2 unspecified atom stereocenters. The number of benzene rings is 1. The Morgan fingerprint density at radius 3 is 2.46 bits per heavy atom. The Bertz CT molecular complexity index is 1090. The zero-order valence-electron chi connectivity index (χ0n) is 22.5. The molecule has 0 aromatic heterocycles. The van der Waals surface area contributed by atoms with E-state index in [-0.39, 0.29) is 49.4 Å². The number of methoxy groups -OCH3 is 1. The molecule has 1 aliphatic carbocycles. The first kappa shape index (κ1) is 26.8. The topological polar surface area (TPSA) is 114 Å². The number of hydrogen-bond acceptors (Lipinski definition) is 7. The molecular weight excluding hydrogens is 478 g/mol. The van der Waals surface area contributed by atoms with Gasteiger partial charge in [-0.3, -0.25) is 14.4 Å². The Morgan fingerprint density at radius 2 is 1.84 bits per heavy atom. The fraction of sp³-hybridized carbons (Fsp3) is 0.630. The standard InChI is InChI=1S/C27H37N3O7/c1-26(2,3)15-36-25(34)29-13-16(11-17(14-29)23(32)35-6)22(31)30(18-7-8-18)19-9-10-21-20(12-19)28-24(33)27(4,5)37-21/h9-10,12,16-18H,7-8,11,13-15H2,1-6H3,(H,28,33). The molecule has 1 aromatic carbocycles. The fourth-order valence-electron chi connectivity index (χ4n) is 4.63. The van der Waals surface area contributed by atoms with Crippen LogP contribution in [0.2, 0.25) is 0 Å². The van der Waals surface area contributed by atoms with Gasteiger partial charge in [-0.2, -0.15) is 0 Å². The molecule has 10 heteroatoms. The first-order valence-electron chi connectivity index (χ1n) is 12.8. The van der Waals surface area contributed by atoms with Crippen molar-refractivity contribution < 1.29 is 33.4 Å². The van der Waals surface area contributed by atoms with Crippen LogP contribution in [0.3, 0.4) is 0 Å². The largest absolute Gasteiger partial charge is 0.476 e. The number of hydrogen-bond donors (Lipinski definition) is 1. The first-order chi connectivity index (χ1) is 17.3. The summed E-state index contributed by atoms with van der Waals surface area (Å²) in [5.41, 5.74) is -0.0663. The summed E-state index contributed by atoms with van der Waals surface area (Å²) in [7, 11) is 1.30. The van der Waals surface area contributed by atoms with E-state index in [2.05, 4.69) is 5.32 Å². The van der Waals surface area contributed by atoms with Crippen LogP contribution >= 0.6 is 0 Å². The number of carbonyl (C=O) groups excluding carboxylic acids is 4. The van der Waals surface area contributed by atoms with Crippen molar-refractivity contribution in [2.45, 2.75) is 65.5 Å². The van der Waals surface area contributed by atoms with Crippen LogP contribution in [0.5, 0.6) is 5.75 Å². The number of anilines is 2. The third-order valence-corrected chi connectivity index (χ3v) is 6.77. The van der Waals surface area contributed by atoms with Crippen molar-refractivity contribution in [1.29, 1.82) is 0 Å². The predicted molar refractivity (Wildman–Crippen MR) is 136 cm³/mol. The van der Waals surface area contributed by atoms with Crippen molar-refractivity contribution in [2.24, 2.45) is 17.3 Å². The summed E-state index contributed by atoms with van der Waals surface area (Å²) in [4.78, 5) is 54.9. The Balaban J connectivity index is 1.57. The van der Waals surface area contributed by atoms with Gasteiger partial charge in [0, 0.05) is 24.8 Å². The van der Waals surface area contributed by atoms with E-state index in [1.807, 2.05) is 20.8 Å². The van der Waals surface area contributed by atoms with Crippen LogP contribution in [-0.4, -0.2) is 67.2 Å². The van der Waals surface area contributed by atoms with Crippen LogP contribution in [0, 0.1) is 17.3 Å². The lowest BCUT2D eigenvalue weighted by Gasteiger charge is -2.38. The van der Waals surface area contributed by atoms with Gasteiger partial charge in [-0.25, -0.2) is 4.79 Å². The second-order valence-corrected chi connectivity index (χ2v) is 11.9. The molecule has 0 bridgehead atoms. The van der Waals surface area contributed by atoms with E-state index < -0.39 is 29.5 Å². The SMILES string of the molecule is COC(=O)C1CC(C(=O)N(c2ccc3c(c2)NC(=O)C(C)(C)O3)C2CC2)CN(C(=O)OCC(C)(C)C)C1. The zero-order valence-corrected chi connectivity index (χ0v) is 22.5. The lowest BCUT2D eigenvalue weighted by molar-refractivity contribution is -0.148. The van der Waals surface area contributed by atoms with Crippen molar-refractivity contribution in [2.75, 3.05) is 37.0 Å². The highest BCUT2D eigenvalue weighted by atomic mass is 16.6. The Kier molecular flexibility index (Phi) is 7.14. The molecule has 1 saturated heterocycles. The van der Waals surface area contributed by atoms with E-state index in [1.165, 1.54) is 12.0 Å². The molecule has 1 saturated carbocycles. The number of nitrogens with zero attached hydrogens (tertiary/aromatic N) is 2. The summed E-state index contributed by atoms with van der Waals surface area (Å²) in [6, 6.07) is 5.32. The van der Waals surface area contributed by atoms with E-state index >= 15 is 0 Å². The molecule has 10 nitrogen and oxygen atoms in total. The highest BCUT2D eigenvalue weighted by Gasteiger charge is 2.44. The maximum absolute atomic E-state index is 13.9. The second kappa shape index (κ2) is 9.87. The van der Waals surface area contributed by atoms with Crippen LogP contribution in [0.15, 0.2) is 18.2 Å². The Labute approximate surface area is 217 Å². The van der Waals surface area contributed by atoms with Crippen molar-refractivity contribution >= 4 is 35.3 Å². The second-order valence-electron chi connectivity index (χ2n) is 11.9. The van der Waals surface area contributed by atoms with Gasteiger partial charge in [0.15, 0.2) is 5.60 Å². The lowest BCUT2D eigenvalue weighted by atomic mass is 9.88. The van der Waals surface area contributed by atoms with Gasteiger partial charge in [0.2, 0.25) is 5.91 Å². The molecule has 1 aromatic rings. The maximum Gasteiger partial charge on any atom is 0.409 e. The molecule has 4 rings (SSSR count). The Hall–Kier alpha value is -3.30. The molecule has 37 heavy (non-hydrogen) atoms. The molecule has 2 atom stereocenters. The third-order valence-electron chi connectivity index (χ3n) is 6.77. The number of piperidine rings is 1. The van der Waals surface area contributed by atoms with Crippen molar-refractivity contribution in [3.05, 3.63) is 18.2 Å². The van der Waals surface area contributed by atoms with Gasteiger partial charge in [0.05, 0.1) is 31.2 Å². The van der Waals surface area contributed by atoms with Gasteiger partial charge in [-0.1, -0.05) is 20.8 Å². The molecule has 3 amide bonds. The molecule has 2 fully saturated rings. The van der Waals surface area contributed by atoms with E-state index in [0.29, 0.717) is 17.1 Å². The van der Waals surface area contributed by atoms with Crippen LogP contribution in [0.25, 0.3) is 0 Å². The molecule has 0 spiro atoms. The van der Waals surface area contributed by atoms with Crippen molar-refractivity contribution in [3.8, 4) is 5.75 Å². The van der Waals surface area contributed by atoms with Crippen LogP contribution in [-0.2, 0) is 23.9 Å². The van der Waals surface area contributed by atoms with Gasteiger partial charge in [0.1, 0.15) is 5.75 Å². The highest BCUT2D eigenvalue weighted by Crippen LogP contribution is 2.41. The van der Waals surface area contributed by atoms with Gasteiger partial charge in [-0.05, 0) is 56.7 Å². The number of nitrogens with one attached hydrogen (secondary N) is 1. The minimum absolute atomic E-state index is 0.0157. The monoisotopic (exact) mass is 515 g/mol. The zero-order chi connectivity index (χ0) is 27.1. The average molecular weight is 516 g/mol. The molecule has 2 aliphatic heterocycles. The number of likely N-dealkylation sites (tertiary alicyclic amines) is 1. The average Bonchev–Trinajstić information content (AvgIpc) is 3.67.